The summed E-state index contributed by atoms with van der Waals surface area (Å²) in [5.74, 6) is -0.0651. The minimum Gasteiger partial charge on any atom is -0.493 e. The van der Waals surface area contributed by atoms with Gasteiger partial charge in [-0.3, -0.25) is 9.78 Å². The van der Waals surface area contributed by atoms with Gasteiger partial charge in [-0.2, -0.15) is 5.10 Å². The zero-order valence-corrected chi connectivity index (χ0v) is 27.6. The van der Waals surface area contributed by atoms with E-state index in [0.717, 1.165) is 45.2 Å². The van der Waals surface area contributed by atoms with Crippen molar-refractivity contribution in [2.45, 2.75) is 20.3 Å². The number of hydrogen-bond donors (Lipinski definition) is 2. The second kappa shape index (κ2) is 15.3. The van der Waals surface area contributed by atoms with Gasteiger partial charge in [0, 0.05) is 62.1 Å². The van der Waals surface area contributed by atoms with Gasteiger partial charge in [-0.25, -0.2) is 13.5 Å². The number of fused-ring (bicyclic) bond motifs is 1. The van der Waals surface area contributed by atoms with Gasteiger partial charge in [0.2, 0.25) is 0 Å². The van der Waals surface area contributed by atoms with E-state index in [1.165, 1.54) is 28.9 Å². The third kappa shape index (κ3) is 7.90. The van der Waals surface area contributed by atoms with Crippen molar-refractivity contribution >= 4 is 22.5 Å². The summed E-state index contributed by atoms with van der Waals surface area (Å²) in [4.78, 5) is 20.1. The molecule has 1 saturated heterocycles. The fourth-order valence-corrected chi connectivity index (χ4v) is 5.64. The smallest absolute Gasteiger partial charge is 0.280 e. The lowest BCUT2D eigenvalue weighted by molar-refractivity contribution is 0.101. The van der Waals surface area contributed by atoms with E-state index in [9.17, 15) is 9.18 Å². The van der Waals surface area contributed by atoms with Gasteiger partial charge in [0.05, 0.1) is 37.7 Å². The van der Waals surface area contributed by atoms with Gasteiger partial charge in [0.25, 0.3) is 5.91 Å². The Morgan fingerprint density at radius 1 is 0.959 bits per heavy atom. The maximum atomic E-state index is 15.4. The van der Waals surface area contributed by atoms with Crippen LogP contribution in [-0.2, 0) is 0 Å². The topological polar surface area (TPSA) is 112 Å². The maximum Gasteiger partial charge on any atom is 0.280 e. The van der Waals surface area contributed by atoms with Gasteiger partial charge in [-0.05, 0) is 68.3 Å². The number of nitrogens with one attached hydrogen (secondary N) is 2. The van der Waals surface area contributed by atoms with Crippen molar-refractivity contribution in [1.29, 1.82) is 0 Å². The Morgan fingerprint density at radius 2 is 1.80 bits per heavy atom. The average molecular weight is 673 g/mol. The van der Waals surface area contributed by atoms with Crippen LogP contribution in [0.5, 0.6) is 28.7 Å². The van der Waals surface area contributed by atoms with Gasteiger partial charge in [0.1, 0.15) is 11.6 Å². The standard InChI is InChI=1S/C36H38F2N6O5/c1-4-47-34-22-44(29-8-6-24(37)18-23(29)2)42-35(34)36(45)41-25-7-9-31(27(38)19-25)49-30-10-11-40-28-21-33(32(46-3)20-26(28)30)48-17-5-14-43-15-12-39-13-16-43/h6-11,18-22,39H,4-5,12-17H2,1-3H3,(H,41,45). The molecule has 1 aliphatic heterocycles. The number of carbonyl (C=O) groups excluding carboxylic acids is 1. The lowest BCUT2D eigenvalue weighted by Crippen LogP contribution is -2.43. The minimum atomic E-state index is -0.698. The van der Waals surface area contributed by atoms with E-state index in [0.29, 0.717) is 46.0 Å². The van der Waals surface area contributed by atoms with Crippen LogP contribution < -0.4 is 29.6 Å². The summed E-state index contributed by atoms with van der Waals surface area (Å²) < 4.78 is 53.8. The molecule has 0 atom stereocenters. The summed E-state index contributed by atoms with van der Waals surface area (Å²) in [5, 5.41) is 11.0. The molecule has 3 aromatic carbocycles. The number of anilines is 1. The molecule has 1 amide bonds. The Kier molecular flexibility index (Phi) is 10.5. The van der Waals surface area contributed by atoms with Crippen LogP contribution in [0.15, 0.2) is 67.0 Å². The molecule has 0 aliphatic carbocycles. The monoisotopic (exact) mass is 672 g/mol. The van der Waals surface area contributed by atoms with Crippen molar-refractivity contribution in [3.8, 4) is 34.4 Å². The van der Waals surface area contributed by atoms with Gasteiger partial charge in [0.15, 0.2) is 34.5 Å². The predicted octanol–water partition coefficient (Wildman–Crippen LogP) is 6.13. The molecule has 1 aliphatic rings. The van der Waals surface area contributed by atoms with Crippen molar-refractivity contribution in [1.82, 2.24) is 25.0 Å². The molecule has 0 unspecified atom stereocenters. The van der Waals surface area contributed by atoms with E-state index < -0.39 is 11.7 Å². The Morgan fingerprint density at radius 3 is 2.55 bits per heavy atom. The zero-order valence-electron chi connectivity index (χ0n) is 27.6. The normalized spacial score (nSPS) is 13.3. The van der Waals surface area contributed by atoms with Crippen LogP contribution in [0.4, 0.5) is 14.5 Å². The van der Waals surface area contributed by atoms with Crippen LogP contribution >= 0.6 is 0 Å². The number of benzene rings is 3. The molecular weight excluding hydrogens is 634 g/mol. The third-order valence-electron chi connectivity index (χ3n) is 8.08. The summed E-state index contributed by atoms with van der Waals surface area (Å²) in [6.07, 6.45) is 4.00. The van der Waals surface area contributed by atoms with Crippen molar-refractivity contribution in [2.75, 3.05) is 58.4 Å². The third-order valence-corrected chi connectivity index (χ3v) is 8.08. The predicted molar refractivity (Wildman–Crippen MR) is 182 cm³/mol. The molecule has 13 heteroatoms. The van der Waals surface area contributed by atoms with E-state index >= 15 is 4.39 Å². The van der Waals surface area contributed by atoms with Crippen LogP contribution in [0.2, 0.25) is 0 Å². The first-order valence-corrected chi connectivity index (χ1v) is 16.1. The molecule has 0 bridgehead atoms. The van der Waals surface area contributed by atoms with E-state index in [4.69, 9.17) is 18.9 Å². The second-order valence-corrected chi connectivity index (χ2v) is 11.5. The summed E-state index contributed by atoms with van der Waals surface area (Å²) in [6.45, 7) is 9.36. The largest absolute Gasteiger partial charge is 0.493 e. The number of pyridine rings is 1. The average Bonchev–Trinajstić information content (AvgIpc) is 3.52. The number of hydrogen-bond acceptors (Lipinski definition) is 9. The number of aromatic nitrogens is 3. The maximum absolute atomic E-state index is 15.4. The zero-order chi connectivity index (χ0) is 34.3. The number of rotatable bonds is 13. The molecule has 6 rings (SSSR count). The highest BCUT2D eigenvalue weighted by molar-refractivity contribution is 6.04. The summed E-state index contributed by atoms with van der Waals surface area (Å²) in [6, 6.07) is 13.5. The van der Waals surface area contributed by atoms with Gasteiger partial charge in [-0.1, -0.05) is 0 Å². The Labute approximate surface area is 282 Å². The summed E-state index contributed by atoms with van der Waals surface area (Å²) >= 11 is 0. The Balaban J connectivity index is 1.15. The number of methoxy groups -OCH3 is 1. The first-order valence-electron chi connectivity index (χ1n) is 16.1. The number of piperazine rings is 1. The highest BCUT2D eigenvalue weighted by Crippen LogP contribution is 2.38. The molecular formula is C36H38F2N6O5. The van der Waals surface area contributed by atoms with E-state index in [1.54, 1.807) is 57.6 Å². The number of nitrogens with zero attached hydrogens (tertiary/aromatic N) is 4. The van der Waals surface area contributed by atoms with Crippen LogP contribution in [0.1, 0.15) is 29.4 Å². The van der Waals surface area contributed by atoms with Crippen LogP contribution in [0.25, 0.3) is 16.6 Å². The Hall–Kier alpha value is -5.27. The molecule has 2 aromatic heterocycles. The molecule has 3 heterocycles. The lowest BCUT2D eigenvalue weighted by Gasteiger charge is -2.27. The van der Waals surface area contributed by atoms with E-state index in [2.05, 4.69) is 25.6 Å². The number of aryl methyl sites for hydroxylation is 1. The SMILES string of the molecule is CCOc1cn(-c2ccc(F)cc2C)nc1C(=O)Nc1ccc(Oc2ccnc3cc(OCCCN4CCNCC4)c(OC)cc23)c(F)c1. The number of amides is 1. The molecule has 49 heavy (non-hydrogen) atoms. The van der Waals surface area contributed by atoms with Gasteiger partial charge < -0.3 is 34.5 Å². The molecule has 0 radical (unpaired) electrons. The Bertz CT molecular complexity index is 1950. The summed E-state index contributed by atoms with van der Waals surface area (Å²) in [7, 11) is 1.56. The lowest BCUT2D eigenvalue weighted by atomic mass is 10.1. The van der Waals surface area contributed by atoms with Crippen LogP contribution in [0, 0.1) is 18.6 Å². The molecule has 5 aromatic rings. The minimum absolute atomic E-state index is 0.00795. The summed E-state index contributed by atoms with van der Waals surface area (Å²) in [5.41, 5.74) is 1.98. The quantitative estimate of drug-likeness (QED) is 0.143. The number of halogens is 2. The van der Waals surface area contributed by atoms with Crippen LogP contribution in [-0.4, -0.2) is 78.6 Å². The number of carbonyl (C=O) groups is 1. The molecule has 2 N–H and O–H groups in total. The highest BCUT2D eigenvalue weighted by atomic mass is 19.1. The second-order valence-electron chi connectivity index (χ2n) is 11.5. The fourth-order valence-electron chi connectivity index (χ4n) is 5.64. The van der Waals surface area contributed by atoms with E-state index in [1.807, 2.05) is 0 Å². The first-order chi connectivity index (χ1) is 23.8. The van der Waals surface area contributed by atoms with Crippen LogP contribution in [0.3, 0.4) is 0 Å². The molecule has 0 saturated carbocycles. The van der Waals surface area contributed by atoms with Crippen molar-refractivity contribution in [2.24, 2.45) is 0 Å². The van der Waals surface area contributed by atoms with Gasteiger partial charge >= 0.3 is 0 Å². The highest BCUT2D eigenvalue weighted by Gasteiger charge is 2.21. The number of ether oxygens (including phenoxy) is 4. The van der Waals surface area contributed by atoms with Crippen molar-refractivity contribution < 1.29 is 32.5 Å². The molecule has 256 valence electrons. The fraction of sp³-hybridized carbons (Fsp3) is 0.306. The molecule has 11 nitrogen and oxygen atoms in total. The molecule has 1 fully saturated rings. The van der Waals surface area contributed by atoms with Crippen molar-refractivity contribution in [3.05, 3.63) is 89.9 Å². The van der Waals surface area contributed by atoms with Gasteiger partial charge in [-0.15, -0.1) is 0 Å². The first kappa shape index (κ1) is 33.6. The van der Waals surface area contributed by atoms with Crippen molar-refractivity contribution in [3.63, 3.8) is 0 Å². The van der Waals surface area contributed by atoms with E-state index in [-0.39, 0.29) is 35.3 Å². The molecule has 0 spiro atoms.